The van der Waals surface area contributed by atoms with Crippen LogP contribution in [0.15, 0.2) is 61.2 Å². The van der Waals surface area contributed by atoms with Crippen molar-refractivity contribution in [1.82, 2.24) is 9.55 Å². The Bertz CT molecular complexity index is 1020. The summed E-state index contributed by atoms with van der Waals surface area (Å²) in [6.07, 6.45) is 5.06. The van der Waals surface area contributed by atoms with Crippen LogP contribution in [0.5, 0.6) is 0 Å². The van der Waals surface area contributed by atoms with Gasteiger partial charge in [0.2, 0.25) is 5.91 Å². The van der Waals surface area contributed by atoms with Gasteiger partial charge in [-0.1, -0.05) is 32.0 Å². The van der Waals surface area contributed by atoms with Gasteiger partial charge < -0.3 is 9.88 Å². The fourth-order valence-electron chi connectivity index (χ4n) is 3.35. The molecule has 1 atom stereocenters. The summed E-state index contributed by atoms with van der Waals surface area (Å²) in [4.78, 5) is 27.5. The number of carbonyl (C=O) groups excluding carboxylic acids is 1. The Balaban J connectivity index is 1.86. The zero-order valence-electron chi connectivity index (χ0n) is 16.1. The van der Waals surface area contributed by atoms with E-state index in [1.165, 1.54) is 30.3 Å². The average Bonchev–Trinajstić information content (AvgIpc) is 3.16. The van der Waals surface area contributed by atoms with Gasteiger partial charge in [0.25, 0.3) is 5.69 Å². The van der Waals surface area contributed by atoms with Crippen LogP contribution in [0.25, 0.3) is 0 Å². The zero-order valence-corrected chi connectivity index (χ0v) is 16.1. The summed E-state index contributed by atoms with van der Waals surface area (Å²) in [6, 6.07) is 10.3. The van der Waals surface area contributed by atoms with Crippen molar-refractivity contribution < 1.29 is 14.1 Å². The molecule has 3 rings (SSSR count). The van der Waals surface area contributed by atoms with E-state index in [1.807, 2.05) is 24.6 Å². The van der Waals surface area contributed by atoms with Crippen molar-refractivity contribution in [2.75, 3.05) is 5.32 Å². The second-order valence-corrected chi connectivity index (χ2v) is 7.09. The molecule has 0 fully saturated rings. The second kappa shape index (κ2) is 8.64. The first kappa shape index (κ1) is 20.2. The molecule has 0 aliphatic heterocycles. The molecule has 1 unspecified atom stereocenters. The lowest BCUT2D eigenvalue weighted by Crippen LogP contribution is -2.17. The Labute approximate surface area is 167 Å². The molecule has 0 aliphatic rings. The first-order valence-corrected chi connectivity index (χ1v) is 9.15. The van der Waals surface area contributed by atoms with E-state index in [4.69, 9.17) is 0 Å². The van der Waals surface area contributed by atoms with Crippen molar-refractivity contribution in [3.63, 3.8) is 0 Å². The van der Waals surface area contributed by atoms with E-state index in [2.05, 4.69) is 10.3 Å². The van der Waals surface area contributed by atoms with E-state index in [-0.39, 0.29) is 29.8 Å². The van der Waals surface area contributed by atoms with Gasteiger partial charge in [0.15, 0.2) is 0 Å². The van der Waals surface area contributed by atoms with Crippen LogP contribution in [0.3, 0.4) is 0 Å². The van der Waals surface area contributed by atoms with Crippen molar-refractivity contribution in [1.29, 1.82) is 0 Å². The van der Waals surface area contributed by atoms with E-state index >= 15 is 0 Å². The predicted octanol–water partition coefficient (Wildman–Crippen LogP) is 4.36. The molecule has 0 saturated heterocycles. The lowest BCUT2D eigenvalue weighted by molar-refractivity contribution is -0.384. The number of carbonyl (C=O) groups is 1. The molecule has 150 valence electrons. The Morgan fingerprint density at radius 2 is 2.07 bits per heavy atom. The molecule has 3 aromatic rings. The van der Waals surface area contributed by atoms with Gasteiger partial charge in [-0.25, -0.2) is 9.37 Å². The molecule has 8 heteroatoms. The molecule has 1 aromatic heterocycles. The largest absolute Gasteiger partial charge is 0.330 e. The van der Waals surface area contributed by atoms with Gasteiger partial charge in [-0.3, -0.25) is 14.9 Å². The molecule has 7 nitrogen and oxygen atoms in total. The highest BCUT2D eigenvalue weighted by atomic mass is 19.1. The molecule has 0 spiro atoms. The van der Waals surface area contributed by atoms with Crippen LogP contribution in [0.2, 0.25) is 0 Å². The molecular formula is C21H21FN4O3. The second-order valence-electron chi connectivity index (χ2n) is 7.09. The molecular weight excluding hydrogens is 375 g/mol. The SMILES string of the molecule is CC(C)C(c1ccc(NC(=O)Cc2cccc(F)c2)c([N+](=O)[O-])c1)n1ccnc1. The van der Waals surface area contributed by atoms with Crippen LogP contribution in [0.4, 0.5) is 15.8 Å². The number of anilines is 1. The molecule has 1 amide bonds. The smallest absolute Gasteiger partial charge is 0.293 e. The number of hydrogen-bond acceptors (Lipinski definition) is 4. The fourth-order valence-corrected chi connectivity index (χ4v) is 3.35. The number of benzene rings is 2. The summed E-state index contributed by atoms with van der Waals surface area (Å²) in [5.74, 6) is -0.733. The third-order valence-corrected chi connectivity index (χ3v) is 4.57. The molecule has 1 heterocycles. The lowest BCUT2D eigenvalue weighted by Gasteiger charge is -2.23. The highest BCUT2D eigenvalue weighted by molar-refractivity contribution is 5.94. The summed E-state index contributed by atoms with van der Waals surface area (Å²) in [7, 11) is 0. The lowest BCUT2D eigenvalue weighted by atomic mass is 9.95. The standard InChI is InChI=1S/C21H21FN4O3/c1-14(2)21(25-9-8-23-13-25)16-6-7-18(19(12-16)26(28)29)24-20(27)11-15-4-3-5-17(22)10-15/h3-10,12-14,21H,11H2,1-2H3,(H,24,27). The fraction of sp³-hybridized carbons (Fsp3) is 0.238. The first-order valence-electron chi connectivity index (χ1n) is 9.15. The van der Waals surface area contributed by atoms with Gasteiger partial charge in [-0.05, 0) is 35.2 Å². The summed E-state index contributed by atoms with van der Waals surface area (Å²) in [5.41, 5.74) is 1.14. The van der Waals surface area contributed by atoms with Crippen LogP contribution in [0.1, 0.15) is 31.0 Å². The molecule has 0 radical (unpaired) electrons. The van der Waals surface area contributed by atoms with Gasteiger partial charge >= 0.3 is 0 Å². The van der Waals surface area contributed by atoms with E-state index in [0.29, 0.717) is 5.56 Å². The third-order valence-electron chi connectivity index (χ3n) is 4.57. The predicted molar refractivity (Wildman–Crippen MR) is 107 cm³/mol. The van der Waals surface area contributed by atoms with Gasteiger partial charge in [0, 0.05) is 18.5 Å². The van der Waals surface area contributed by atoms with Crippen molar-refractivity contribution in [2.24, 2.45) is 5.92 Å². The minimum atomic E-state index is -0.521. The van der Waals surface area contributed by atoms with Crippen molar-refractivity contribution >= 4 is 17.3 Å². The minimum absolute atomic E-state index is 0.0830. The van der Waals surface area contributed by atoms with Gasteiger partial charge in [-0.2, -0.15) is 0 Å². The normalized spacial score (nSPS) is 12.0. The number of rotatable bonds is 7. The first-order chi connectivity index (χ1) is 13.8. The van der Waals surface area contributed by atoms with Crippen molar-refractivity contribution in [3.05, 3.63) is 88.2 Å². The van der Waals surface area contributed by atoms with Gasteiger partial charge in [-0.15, -0.1) is 0 Å². The third kappa shape index (κ3) is 4.84. The van der Waals surface area contributed by atoms with E-state index in [0.717, 1.165) is 5.56 Å². The average molecular weight is 396 g/mol. The summed E-state index contributed by atoms with van der Waals surface area (Å²) in [5, 5.41) is 14.2. The van der Waals surface area contributed by atoms with E-state index < -0.39 is 16.6 Å². The number of nitrogens with zero attached hydrogens (tertiary/aromatic N) is 3. The van der Waals surface area contributed by atoms with Gasteiger partial charge in [0.1, 0.15) is 11.5 Å². The number of nitro benzene ring substituents is 1. The summed E-state index contributed by atoms with van der Waals surface area (Å²) in [6.45, 7) is 4.04. The molecule has 0 bridgehead atoms. The monoisotopic (exact) mass is 396 g/mol. The molecule has 29 heavy (non-hydrogen) atoms. The number of halogens is 1. The van der Waals surface area contributed by atoms with E-state index in [9.17, 15) is 19.3 Å². The van der Waals surface area contributed by atoms with Gasteiger partial charge in [0.05, 0.1) is 23.7 Å². The quantitative estimate of drug-likeness (QED) is 0.475. The molecule has 1 N–H and O–H groups in total. The number of nitro groups is 1. The number of amides is 1. The van der Waals surface area contributed by atoms with Crippen LogP contribution >= 0.6 is 0 Å². The number of aromatic nitrogens is 2. The Hall–Kier alpha value is -3.55. The van der Waals surface area contributed by atoms with Crippen LogP contribution in [0, 0.1) is 21.8 Å². The Morgan fingerprint density at radius 1 is 1.28 bits per heavy atom. The van der Waals surface area contributed by atoms with Crippen LogP contribution < -0.4 is 5.32 Å². The highest BCUT2D eigenvalue weighted by Crippen LogP contribution is 2.33. The summed E-state index contributed by atoms with van der Waals surface area (Å²) >= 11 is 0. The molecule has 2 aromatic carbocycles. The maximum atomic E-state index is 13.3. The van der Waals surface area contributed by atoms with Crippen LogP contribution in [-0.2, 0) is 11.2 Å². The van der Waals surface area contributed by atoms with Crippen molar-refractivity contribution in [3.8, 4) is 0 Å². The number of imidazole rings is 1. The Kier molecular flexibility index (Phi) is 6.01. The zero-order chi connectivity index (χ0) is 21.0. The topological polar surface area (TPSA) is 90.1 Å². The molecule has 0 aliphatic carbocycles. The van der Waals surface area contributed by atoms with E-state index in [1.54, 1.807) is 24.7 Å². The van der Waals surface area contributed by atoms with Crippen LogP contribution in [-0.4, -0.2) is 20.4 Å². The maximum Gasteiger partial charge on any atom is 0.293 e. The number of nitrogens with one attached hydrogen (secondary N) is 1. The Morgan fingerprint density at radius 3 is 2.69 bits per heavy atom. The summed E-state index contributed by atoms with van der Waals surface area (Å²) < 4.78 is 15.2. The van der Waals surface area contributed by atoms with Crippen molar-refractivity contribution in [2.45, 2.75) is 26.3 Å². The highest BCUT2D eigenvalue weighted by Gasteiger charge is 2.23. The molecule has 0 saturated carbocycles. The number of hydrogen-bond donors (Lipinski definition) is 1. The maximum absolute atomic E-state index is 13.3. The minimum Gasteiger partial charge on any atom is -0.330 e.